The molecule has 28 heavy (non-hydrogen) atoms. The molecule has 2 N–H and O–H groups in total. The van der Waals surface area contributed by atoms with Crippen molar-refractivity contribution in [2.24, 2.45) is 5.92 Å². The number of hydrogen-bond donors (Lipinski definition) is 2. The zero-order valence-electron chi connectivity index (χ0n) is 17.7. The molecule has 7 heteroatoms. The summed E-state index contributed by atoms with van der Waals surface area (Å²) >= 11 is 0. The average Bonchev–Trinajstić information content (AvgIpc) is 2.84. The summed E-state index contributed by atoms with van der Waals surface area (Å²) in [7, 11) is 1.48. The molecule has 3 amide bonds. The van der Waals surface area contributed by atoms with Gasteiger partial charge < -0.3 is 15.1 Å². The number of hydrogen-bond acceptors (Lipinski definition) is 4. The molecule has 3 atom stereocenters. The lowest BCUT2D eigenvalue weighted by atomic mass is 9.84. The number of carboxylic acids is 1. The quantitative estimate of drug-likeness (QED) is 0.282. The molecular weight excluding hydrogens is 360 g/mol. The largest absolute Gasteiger partial charge is 0.481 e. The third-order valence-electron chi connectivity index (χ3n) is 5.72. The first-order chi connectivity index (χ1) is 13.1. The third kappa shape index (κ3) is 6.93. The van der Waals surface area contributed by atoms with Crippen molar-refractivity contribution in [3.05, 3.63) is 12.2 Å². The molecule has 7 nitrogen and oxygen atoms in total. The fourth-order valence-corrected chi connectivity index (χ4v) is 3.39. The van der Waals surface area contributed by atoms with Gasteiger partial charge in [-0.05, 0) is 44.9 Å². The summed E-state index contributed by atoms with van der Waals surface area (Å²) in [5.74, 6) is -0.942. The molecule has 1 fully saturated rings. The van der Waals surface area contributed by atoms with Crippen LogP contribution in [0.5, 0.6) is 0 Å². The molecule has 160 valence electrons. The Hall–Kier alpha value is -1.89. The maximum Gasteiger partial charge on any atom is 0.327 e. The normalized spacial score (nSPS) is 20.8. The van der Waals surface area contributed by atoms with Crippen molar-refractivity contribution >= 4 is 17.9 Å². The molecule has 1 aliphatic heterocycles. The molecule has 0 aromatic carbocycles. The second kappa shape index (κ2) is 11.2. The predicted octanol–water partition coefficient (Wildman–Crippen LogP) is 3.42. The second-order valence-corrected chi connectivity index (χ2v) is 8.03. The molecule has 0 saturated carbocycles. The van der Waals surface area contributed by atoms with E-state index in [2.05, 4.69) is 6.92 Å². The molecule has 1 saturated heterocycles. The van der Waals surface area contributed by atoms with Crippen molar-refractivity contribution in [2.75, 3.05) is 13.6 Å². The van der Waals surface area contributed by atoms with E-state index in [-0.39, 0.29) is 24.3 Å². The summed E-state index contributed by atoms with van der Waals surface area (Å²) in [6.07, 6.45) is 8.86. The van der Waals surface area contributed by atoms with Crippen LogP contribution in [0.3, 0.4) is 0 Å². The molecular formula is C21H36N2O5. The zero-order valence-corrected chi connectivity index (χ0v) is 17.7. The van der Waals surface area contributed by atoms with Crippen LogP contribution in [0.15, 0.2) is 12.2 Å². The van der Waals surface area contributed by atoms with Gasteiger partial charge >= 0.3 is 12.0 Å². The van der Waals surface area contributed by atoms with Crippen molar-refractivity contribution in [2.45, 2.75) is 83.8 Å². The molecule has 1 rings (SSSR count). The van der Waals surface area contributed by atoms with Crippen LogP contribution in [0.25, 0.3) is 0 Å². The lowest BCUT2D eigenvalue weighted by Gasteiger charge is -2.33. The first-order valence-electron chi connectivity index (χ1n) is 10.3. The number of aliphatic hydroxyl groups is 1. The highest BCUT2D eigenvalue weighted by Gasteiger charge is 2.43. The van der Waals surface area contributed by atoms with E-state index in [0.717, 1.165) is 24.2 Å². The molecule has 0 aliphatic carbocycles. The van der Waals surface area contributed by atoms with Gasteiger partial charge in [0.25, 0.3) is 5.91 Å². The fraction of sp³-hybridized carbons (Fsp3) is 0.762. The maximum atomic E-state index is 12.5. The van der Waals surface area contributed by atoms with Gasteiger partial charge in [0.1, 0.15) is 6.04 Å². The highest BCUT2D eigenvalue weighted by Crippen LogP contribution is 2.28. The topological polar surface area (TPSA) is 98.2 Å². The number of carbonyl (C=O) groups excluding carboxylic acids is 2. The van der Waals surface area contributed by atoms with Crippen LogP contribution < -0.4 is 0 Å². The minimum atomic E-state index is -0.892. The number of unbranched alkanes of at least 4 members (excludes halogenated alkanes) is 2. The molecule has 1 heterocycles. The first-order valence-corrected chi connectivity index (χ1v) is 10.3. The van der Waals surface area contributed by atoms with Gasteiger partial charge in [-0.3, -0.25) is 14.5 Å². The minimum absolute atomic E-state index is 0.116. The predicted molar refractivity (Wildman–Crippen MR) is 108 cm³/mol. The van der Waals surface area contributed by atoms with Gasteiger partial charge in [-0.15, -0.1) is 0 Å². The van der Waals surface area contributed by atoms with E-state index in [1.165, 1.54) is 7.05 Å². The van der Waals surface area contributed by atoms with Crippen LogP contribution >= 0.6 is 0 Å². The Labute approximate surface area is 168 Å². The van der Waals surface area contributed by atoms with Crippen molar-refractivity contribution in [3.63, 3.8) is 0 Å². The number of imide groups is 1. The van der Waals surface area contributed by atoms with Crippen LogP contribution in [0, 0.1) is 5.92 Å². The Kier molecular flexibility index (Phi) is 9.65. The van der Waals surface area contributed by atoms with Crippen LogP contribution in [-0.4, -0.2) is 63.2 Å². The van der Waals surface area contributed by atoms with E-state index in [1.54, 1.807) is 11.8 Å². The van der Waals surface area contributed by atoms with E-state index in [0.29, 0.717) is 32.2 Å². The van der Waals surface area contributed by atoms with Gasteiger partial charge in [-0.1, -0.05) is 38.8 Å². The lowest BCUT2D eigenvalue weighted by Crippen LogP contribution is -2.41. The van der Waals surface area contributed by atoms with Gasteiger partial charge in [-0.2, -0.15) is 0 Å². The number of carbonyl (C=O) groups is 3. The van der Waals surface area contributed by atoms with Gasteiger partial charge in [0.2, 0.25) is 0 Å². The summed E-state index contributed by atoms with van der Waals surface area (Å²) < 4.78 is 0. The van der Waals surface area contributed by atoms with Crippen LogP contribution in [-0.2, 0) is 9.59 Å². The monoisotopic (exact) mass is 396 g/mol. The Morgan fingerprint density at radius 1 is 1.29 bits per heavy atom. The second-order valence-electron chi connectivity index (χ2n) is 8.03. The number of amides is 3. The Balaban J connectivity index is 2.65. The molecule has 0 aromatic rings. The minimum Gasteiger partial charge on any atom is -0.481 e. The van der Waals surface area contributed by atoms with Crippen LogP contribution in [0.4, 0.5) is 4.79 Å². The highest BCUT2D eigenvalue weighted by atomic mass is 16.4. The van der Waals surface area contributed by atoms with Crippen molar-refractivity contribution in [1.82, 2.24) is 9.80 Å². The smallest absolute Gasteiger partial charge is 0.327 e. The number of urea groups is 1. The molecule has 0 spiro atoms. The molecule has 1 aliphatic rings. The molecule has 0 aromatic heterocycles. The standard InChI is InChI=1S/C21H36N2O5/c1-5-6-11-16(2)21(3,28)14-15-23-17(19(26)22(4)20(23)27)12-9-7-8-10-13-18(24)25/h7,9,16-17,28H,5-6,8,10-15H2,1-4H3,(H,24,25)/b9-7+. The number of carboxylic acid groups (broad SMARTS) is 1. The maximum absolute atomic E-state index is 12.5. The van der Waals surface area contributed by atoms with Crippen molar-refractivity contribution in [1.29, 1.82) is 0 Å². The number of nitrogens with zero attached hydrogens (tertiary/aromatic N) is 2. The van der Waals surface area contributed by atoms with Crippen molar-refractivity contribution < 1.29 is 24.6 Å². The number of likely N-dealkylation sites (N-methyl/N-ethyl adjacent to an activating group) is 1. The third-order valence-corrected chi connectivity index (χ3v) is 5.72. The van der Waals surface area contributed by atoms with E-state index in [9.17, 15) is 19.5 Å². The zero-order chi connectivity index (χ0) is 21.3. The van der Waals surface area contributed by atoms with E-state index >= 15 is 0 Å². The number of rotatable bonds is 13. The summed E-state index contributed by atoms with van der Waals surface area (Å²) in [6, 6.07) is -0.888. The Morgan fingerprint density at radius 3 is 2.57 bits per heavy atom. The lowest BCUT2D eigenvalue weighted by molar-refractivity contribution is -0.137. The molecule has 0 radical (unpaired) electrons. The van der Waals surface area contributed by atoms with E-state index in [1.807, 2.05) is 19.1 Å². The number of allylic oxidation sites excluding steroid dienone is 1. The Morgan fingerprint density at radius 2 is 1.96 bits per heavy atom. The fourth-order valence-electron chi connectivity index (χ4n) is 3.39. The van der Waals surface area contributed by atoms with Crippen LogP contribution in [0.2, 0.25) is 0 Å². The van der Waals surface area contributed by atoms with Gasteiger partial charge in [0, 0.05) is 20.0 Å². The molecule has 3 unspecified atom stereocenters. The Bertz CT molecular complexity index is 573. The number of aliphatic carboxylic acids is 1. The highest BCUT2D eigenvalue weighted by molar-refractivity contribution is 6.03. The summed E-state index contributed by atoms with van der Waals surface area (Å²) in [5, 5.41) is 19.4. The summed E-state index contributed by atoms with van der Waals surface area (Å²) in [6.45, 7) is 6.27. The van der Waals surface area contributed by atoms with E-state index in [4.69, 9.17) is 5.11 Å². The summed E-state index contributed by atoms with van der Waals surface area (Å²) in [5.41, 5.74) is -0.892. The van der Waals surface area contributed by atoms with Gasteiger partial charge in [-0.25, -0.2) is 4.79 Å². The van der Waals surface area contributed by atoms with Gasteiger partial charge in [0.15, 0.2) is 0 Å². The van der Waals surface area contributed by atoms with E-state index < -0.39 is 17.6 Å². The van der Waals surface area contributed by atoms with Crippen molar-refractivity contribution in [3.8, 4) is 0 Å². The first kappa shape index (κ1) is 24.1. The SMILES string of the molecule is CCCCC(C)C(C)(O)CCN1C(=O)N(C)C(=O)C1C/C=C/CCCC(=O)O. The van der Waals surface area contributed by atoms with Crippen LogP contribution in [0.1, 0.15) is 72.1 Å². The van der Waals surface area contributed by atoms with Gasteiger partial charge in [0.05, 0.1) is 5.60 Å². The molecule has 0 bridgehead atoms. The average molecular weight is 397 g/mol. The summed E-state index contributed by atoms with van der Waals surface area (Å²) in [4.78, 5) is 38.1.